The van der Waals surface area contributed by atoms with E-state index in [1.165, 1.54) is 0 Å². The van der Waals surface area contributed by atoms with Crippen LogP contribution in [0.3, 0.4) is 0 Å². The van der Waals surface area contributed by atoms with E-state index in [0.717, 1.165) is 94.5 Å². The zero-order chi connectivity index (χ0) is 20.1. The Hall–Kier alpha value is -1.63. The number of carbonyl (C=O) groups is 1. The Kier molecular flexibility index (Phi) is 7.06. The lowest BCUT2D eigenvalue weighted by atomic mass is 9.99. The van der Waals surface area contributed by atoms with Gasteiger partial charge in [-0.3, -0.25) is 4.79 Å². The molecular formula is C23H34N2O4. The molecule has 2 fully saturated rings. The molecule has 0 saturated carbocycles. The second-order valence-corrected chi connectivity index (χ2v) is 8.74. The fourth-order valence-corrected chi connectivity index (χ4v) is 4.74. The van der Waals surface area contributed by atoms with Crippen LogP contribution in [-0.4, -0.2) is 82.0 Å². The minimum Gasteiger partial charge on any atom is -0.493 e. The summed E-state index contributed by atoms with van der Waals surface area (Å²) in [6.45, 7) is 7.35. The lowest BCUT2D eigenvalue weighted by Crippen LogP contribution is -2.40. The average molecular weight is 403 g/mol. The van der Waals surface area contributed by atoms with Gasteiger partial charge in [0.1, 0.15) is 5.75 Å². The number of nitrogens with zero attached hydrogens (tertiary/aromatic N) is 2. The van der Waals surface area contributed by atoms with Crippen LogP contribution in [0.15, 0.2) is 18.2 Å². The summed E-state index contributed by atoms with van der Waals surface area (Å²) >= 11 is 0. The van der Waals surface area contributed by atoms with E-state index in [1.807, 2.05) is 23.1 Å². The monoisotopic (exact) mass is 402 g/mol. The summed E-state index contributed by atoms with van der Waals surface area (Å²) in [5.74, 6) is 2.10. The van der Waals surface area contributed by atoms with Gasteiger partial charge in [0.05, 0.1) is 19.8 Å². The molecule has 2 saturated heterocycles. The molecule has 0 aromatic heterocycles. The average Bonchev–Trinajstić information content (AvgIpc) is 2.99. The molecule has 6 nitrogen and oxygen atoms in total. The van der Waals surface area contributed by atoms with Crippen LogP contribution in [0.4, 0.5) is 0 Å². The van der Waals surface area contributed by atoms with E-state index < -0.39 is 0 Å². The highest BCUT2D eigenvalue weighted by Crippen LogP contribution is 2.26. The summed E-state index contributed by atoms with van der Waals surface area (Å²) in [6, 6.07) is 5.88. The predicted molar refractivity (Wildman–Crippen MR) is 112 cm³/mol. The van der Waals surface area contributed by atoms with E-state index in [9.17, 15) is 4.79 Å². The van der Waals surface area contributed by atoms with Gasteiger partial charge in [-0.05, 0) is 62.4 Å². The van der Waals surface area contributed by atoms with E-state index in [0.29, 0.717) is 19.1 Å². The number of carbonyl (C=O) groups excluding carboxylic acids is 1. The smallest absolute Gasteiger partial charge is 0.253 e. The van der Waals surface area contributed by atoms with Gasteiger partial charge in [-0.2, -0.15) is 0 Å². The number of ether oxygens (including phenoxy) is 3. The van der Waals surface area contributed by atoms with E-state index in [2.05, 4.69) is 11.9 Å². The lowest BCUT2D eigenvalue weighted by molar-refractivity contribution is 0.0500. The predicted octanol–water partition coefficient (Wildman–Crippen LogP) is 2.46. The topological polar surface area (TPSA) is 51.2 Å². The Balaban J connectivity index is 1.35. The number of aryl methyl sites for hydroxylation is 1. The second-order valence-electron chi connectivity index (χ2n) is 8.74. The Morgan fingerprint density at radius 1 is 1.10 bits per heavy atom. The molecule has 3 aliphatic heterocycles. The van der Waals surface area contributed by atoms with Gasteiger partial charge in [0.15, 0.2) is 0 Å². The van der Waals surface area contributed by atoms with Crippen molar-refractivity contribution in [3.05, 3.63) is 29.3 Å². The van der Waals surface area contributed by atoms with Crippen molar-refractivity contribution in [3.8, 4) is 5.75 Å². The highest BCUT2D eigenvalue weighted by atomic mass is 16.5. The van der Waals surface area contributed by atoms with Crippen molar-refractivity contribution in [1.82, 2.24) is 9.80 Å². The molecule has 160 valence electrons. The standard InChI is InChI=1S/C23H34N2O4/c1-24(14-18-6-10-27-11-7-18)15-19-16-25(8-12-28-17-19)23(26)21-4-5-22-20(13-21)3-2-9-29-22/h4-5,13,18-19H,2-3,6-12,14-17H2,1H3. The molecule has 1 amide bonds. The van der Waals surface area contributed by atoms with Crippen LogP contribution >= 0.6 is 0 Å². The highest BCUT2D eigenvalue weighted by molar-refractivity contribution is 5.94. The summed E-state index contributed by atoms with van der Waals surface area (Å²) in [4.78, 5) is 17.6. The van der Waals surface area contributed by atoms with Crippen LogP contribution < -0.4 is 4.74 Å². The molecular weight excluding hydrogens is 368 g/mol. The maximum Gasteiger partial charge on any atom is 0.253 e. The molecule has 6 heteroatoms. The Morgan fingerprint density at radius 3 is 2.79 bits per heavy atom. The van der Waals surface area contributed by atoms with Crippen molar-refractivity contribution in [2.75, 3.05) is 66.3 Å². The fraction of sp³-hybridized carbons (Fsp3) is 0.696. The number of amides is 1. The summed E-state index contributed by atoms with van der Waals surface area (Å²) < 4.78 is 17.0. The molecule has 1 atom stereocenters. The fourth-order valence-electron chi connectivity index (χ4n) is 4.74. The summed E-state index contributed by atoms with van der Waals surface area (Å²) in [7, 11) is 2.19. The van der Waals surface area contributed by atoms with Crippen LogP contribution in [0.5, 0.6) is 5.75 Å². The third kappa shape index (κ3) is 5.50. The minimum atomic E-state index is 0.112. The van der Waals surface area contributed by atoms with Gasteiger partial charge < -0.3 is 24.0 Å². The summed E-state index contributed by atoms with van der Waals surface area (Å²) in [5.41, 5.74) is 1.92. The van der Waals surface area contributed by atoms with Crippen LogP contribution in [0.25, 0.3) is 0 Å². The van der Waals surface area contributed by atoms with Crippen LogP contribution in [-0.2, 0) is 15.9 Å². The summed E-state index contributed by atoms with van der Waals surface area (Å²) in [6.07, 6.45) is 4.30. The molecule has 1 aromatic rings. The zero-order valence-corrected chi connectivity index (χ0v) is 17.6. The first kappa shape index (κ1) is 20.6. The largest absolute Gasteiger partial charge is 0.493 e. The molecule has 1 unspecified atom stereocenters. The maximum atomic E-state index is 13.2. The maximum absolute atomic E-state index is 13.2. The molecule has 4 rings (SSSR count). The second kappa shape index (κ2) is 9.92. The van der Waals surface area contributed by atoms with Crippen molar-refractivity contribution in [2.24, 2.45) is 11.8 Å². The Labute approximate surface area is 174 Å². The van der Waals surface area contributed by atoms with Gasteiger partial charge in [-0.15, -0.1) is 0 Å². The molecule has 0 N–H and O–H groups in total. The Morgan fingerprint density at radius 2 is 1.93 bits per heavy atom. The molecule has 0 spiro atoms. The molecule has 0 bridgehead atoms. The first-order valence-corrected chi connectivity index (χ1v) is 11.1. The first-order valence-electron chi connectivity index (χ1n) is 11.1. The first-order chi connectivity index (χ1) is 14.2. The number of benzene rings is 1. The lowest BCUT2D eigenvalue weighted by Gasteiger charge is -2.30. The third-order valence-electron chi connectivity index (χ3n) is 6.26. The molecule has 1 aromatic carbocycles. The summed E-state index contributed by atoms with van der Waals surface area (Å²) in [5, 5.41) is 0. The van der Waals surface area contributed by atoms with E-state index in [4.69, 9.17) is 14.2 Å². The van der Waals surface area contributed by atoms with Crippen LogP contribution in [0.1, 0.15) is 35.2 Å². The SMILES string of the molecule is CN(CC1CCOCC1)CC1COCCN(C(=O)c2ccc3c(c2)CCCO3)C1. The van der Waals surface area contributed by atoms with Gasteiger partial charge in [0.2, 0.25) is 0 Å². The number of fused-ring (bicyclic) bond motifs is 1. The Bertz CT molecular complexity index is 689. The highest BCUT2D eigenvalue weighted by Gasteiger charge is 2.26. The minimum absolute atomic E-state index is 0.112. The molecule has 29 heavy (non-hydrogen) atoms. The van der Waals surface area contributed by atoms with Crippen molar-refractivity contribution < 1.29 is 19.0 Å². The van der Waals surface area contributed by atoms with Crippen molar-refractivity contribution in [2.45, 2.75) is 25.7 Å². The van der Waals surface area contributed by atoms with Gasteiger partial charge in [0, 0.05) is 50.9 Å². The van der Waals surface area contributed by atoms with Crippen molar-refractivity contribution in [1.29, 1.82) is 0 Å². The van der Waals surface area contributed by atoms with Crippen LogP contribution in [0, 0.1) is 11.8 Å². The van der Waals surface area contributed by atoms with Gasteiger partial charge >= 0.3 is 0 Å². The molecule has 3 aliphatic rings. The van der Waals surface area contributed by atoms with Crippen molar-refractivity contribution >= 4 is 5.91 Å². The van der Waals surface area contributed by atoms with E-state index >= 15 is 0 Å². The number of hydrogen-bond acceptors (Lipinski definition) is 5. The molecule has 3 heterocycles. The van der Waals surface area contributed by atoms with E-state index in [1.54, 1.807) is 0 Å². The zero-order valence-electron chi connectivity index (χ0n) is 17.6. The van der Waals surface area contributed by atoms with Crippen molar-refractivity contribution in [3.63, 3.8) is 0 Å². The number of hydrogen-bond donors (Lipinski definition) is 0. The normalized spacial score (nSPS) is 23.4. The quantitative estimate of drug-likeness (QED) is 0.757. The third-order valence-corrected chi connectivity index (χ3v) is 6.26. The van der Waals surface area contributed by atoms with Crippen LogP contribution in [0.2, 0.25) is 0 Å². The molecule has 0 radical (unpaired) electrons. The number of rotatable bonds is 5. The van der Waals surface area contributed by atoms with E-state index in [-0.39, 0.29) is 5.91 Å². The van der Waals surface area contributed by atoms with Gasteiger partial charge in [-0.1, -0.05) is 0 Å². The van der Waals surface area contributed by atoms with Gasteiger partial charge in [0.25, 0.3) is 5.91 Å². The molecule has 0 aliphatic carbocycles. The van der Waals surface area contributed by atoms with Gasteiger partial charge in [-0.25, -0.2) is 0 Å².